The molecule has 2 heterocycles. The number of aryl methyl sites for hydroxylation is 2. The molecule has 0 aromatic carbocycles. The number of aliphatic imine (C=N–C) groups is 1. The van der Waals surface area contributed by atoms with Crippen LogP contribution >= 0.6 is 11.3 Å². The van der Waals surface area contributed by atoms with Crippen molar-refractivity contribution in [3.63, 3.8) is 0 Å². The highest BCUT2D eigenvalue weighted by atomic mass is 32.1. The molecule has 5 nitrogen and oxygen atoms in total. The summed E-state index contributed by atoms with van der Waals surface area (Å²) in [5.74, 6) is 0.857. The maximum Gasteiger partial charge on any atom is 0.190 e. The third-order valence-electron chi connectivity index (χ3n) is 3.79. The summed E-state index contributed by atoms with van der Waals surface area (Å²) < 4.78 is 1.94. The first-order valence-electron chi connectivity index (χ1n) is 7.57. The van der Waals surface area contributed by atoms with Crippen molar-refractivity contribution in [2.45, 2.75) is 26.7 Å². The zero-order chi connectivity index (χ0) is 15.9. The number of guanidine groups is 1. The van der Waals surface area contributed by atoms with Gasteiger partial charge in [-0.1, -0.05) is 6.07 Å². The van der Waals surface area contributed by atoms with E-state index in [-0.39, 0.29) is 0 Å². The molecule has 0 aliphatic rings. The molecule has 0 fully saturated rings. The molecule has 0 amide bonds. The van der Waals surface area contributed by atoms with Crippen LogP contribution in [-0.2, 0) is 19.9 Å². The molecule has 0 radical (unpaired) electrons. The van der Waals surface area contributed by atoms with E-state index in [1.807, 2.05) is 11.7 Å². The summed E-state index contributed by atoms with van der Waals surface area (Å²) in [4.78, 5) is 5.66. The van der Waals surface area contributed by atoms with E-state index in [2.05, 4.69) is 52.1 Å². The summed E-state index contributed by atoms with van der Waals surface area (Å²) >= 11 is 1.79. The molecule has 0 saturated carbocycles. The van der Waals surface area contributed by atoms with Crippen LogP contribution in [-0.4, -0.2) is 35.9 Å². The number of hydrogen-bond donors (Lipinski definition) is 2. The minimum atomic E-state index is 0.853. The van der Waals surface area contributed by atoms with Crippen LogP contribution in [0.25, 0.3) is 0 Å². The first-order chi connectivity index (χ1) is 10.6. The molecule has 22 heavy (non-hydrogen) atoms. The predicted octanol–water partition coefficient (Wildman–Crippen LogP) is 2.05. The van der Waals surface area contributed by atoms with Gasteiger partial charge < -0.3 is 10.6 Å². The third-order valence-corrected chi connectivity index (χ3v) is 4.73. The van der Waals surface area contributed by atoms with Crippen molar-refractivity contribution in [2.75, 3.05) is 20.1 Å². The Morgan fingerprint density at radius 2 is 2.00 bits per heavy atom. The van der Waals surface area contributed by atoms with Gasteiger partial charge in [0.2, 0.25) is 0 Å². The van der Waals surface area contributed by atoms with E-state index in [1.165, 1.54) is 16.1 Å². The predicted molar refractivity (Wildman–Crippen MR) is 93.8 cm³/mol. The molecule has 2 N–H and O–H groups in total. The Morgan fingerprint density at radius 3 is 2.55 bits per heavy atom. The van der Waals surface area contributed by atoms with Gasteiger partial charge in [0.25, 0.3) is 0 Å². The monoisotopic (exact) mass is 319 g/mol. The van der Waals surface area contributed by atoms with Crippen LogP contribution in [0.3, 0.4) is 0 Å². The lowest BCUT2D eigenvalue weighted by atomic mass is 10.1. The first kappa shape index (κ1) is 16.5. The van der Waals surface area contributed by atoms with Crippen LogP contribution in [0.2, 0.25) is 0 Å². The quantitative estimate of drug-likeness (QED) is 0.633. The van der Waals surface area contributed by atoms with Crippen LogP contribution in [0.15, 0.2) is 22.5 Å². The van der Waals surface area contributed by atoms with Gasteiger partial charge in [-0.3, -0.25) is 9.67 Å². The normalized spacial score (nSPS) is 11.7. The maximum atomic E-state index is 4.45. The fourth-order valence-corrected chi connectivity index (χ4v) is 3.17. The van der Waals surface area contributed by atoms with Crippen molar-refractivity contribution in [1.29, 1.82) is 0 Å². The van der Waals surface area contributed by atoms with E-state index in [0.717, 1.165) is 37.6 Å². The molecule has 2 aromatic heterocycles. The highest BCUT2D eigenvalue weighted by Gasteiger charge is 2.08. The van der Waals surface area contributed by atoms with E-state index < -0.39 is 0 Å². The topological polar surface area (TPSA) is 54.2 Å². The number of nitrogens with zero attached hydrogens (tertiary/aromatic N) is 3. The molecule has 2 rings (SSSR count). The Balaban J connectivity index is 1.74. The number of hydrogen-bond acceptors (Lipinski definition) is 3. The van der Waals surface area contributed by atoms with Gasteiger partial charge in [0, 0.05) is 37.8 Å². The van der Waals surface area contributed by atoms with Crippen LogP contribution in [0.5, 0.6) is 0 Å². The Kier molecular flexibility index (Phi) is 6.00. The van der Waals surface area contributed by atoms with Gasteiger partial charge in [-0.2, -0.15) is 5.10 Å². The molecule has 6 heteroatoms. The molecule has 0 aliphatic carbocycles. The van der Waals surface area contributed by atoms with Gasteiger partial charge in [-0.25, -0.2) is 0 Å². The summed E-state index contributed by atoms with van der Waals surface area (Å²) in [6, 6.07) is 4.25. The smallest absolute Gasteiger partial charge is 0.190 e. The fourth-order valence-electron chi connectivity index (χ4n) is 2.46. The van der Waals surface area contributed by atoms with E-state index >= 15 is 0 Å². The standard InChI is InChI=1S/C16H25N5S/c1-12-15(13(2)21(4)20-12)8-10-19-16(17-3)18-9-7-14-6-5-11-22-14/h5-6,11H,7-10H2,1-4H3,(H2,17,18,19). The van der Waals surface area contributed by atoms with E-state index in [4.69, 9.17) is 0 Å². The zero-order valence-electron chi connectivity index (χ0n) is 13.8. The van der Waals surface area contributed by atoms with Crippen molar-refractivity contribution >= 4 is 17.3 Å². The van der Waals surface area contributed by atoms with Gasteiger partial charge in [-0.15, -0.1) is 11.3 Å². The van der Waals surface area contributed by atoms with E-state index in [1.54, 1.807) is 18.4 Å². The highest BCUT2D eigenvalue weighted by molar-refractivity contribution is 7.09. The number of rotatable bonds is 6. The van der Waals surface area contributed by atoms with Crippen LogP contribution in [0.4, 0.5) is 0 Å². The summed E-state index contributed by atoms with van der Waals surface area (Å²) in [6.45, 7) is 5.93. The van der Waals surface area contributed by atoms with Gasteiger partial charge in [0.15, 0.2) is 5.96 Å². The summed E-state index contributed by atoms with van der Waals surface area (Å²) in [5, 5.41) is 13.3. The molecule has 0 aliphatic heterocycles. The first-order valence-corrected chi connectivity index (χ1v) is 8.45. The minimum absolute atomic E-state index is 0.853. The summed E-state index contributed by atoms with van der Waals surface area (Å²) in [5.41, 5.74) is 3.67. The molecule has 0 atom stereocenters. The van der Waals surface area contributed by atoms with Crippen LogP contribution in [0, 0.1) is 13.8 Å². The highest BCUT2D eigenvalue weighted by Crippen LogP contribution is 2.11. The SMILES string of the molecule is CN=C(NCCc1cccs1)NCCc1c(C)nn(C)c1C. The van der Waals surface area contributed by atoms with Gasteiger partial charge >= 0.3 is 0 Å². The van der Waals surface area contributed by atoms with Crippen LogP contribution < -0.4 is 10.6 Å². The fraction of sp³-hybridized carbons (Fsp3) is 0.500. The molecule has 0 saturated heterocycles. The van der Waals surface area contributed by atoms with Gasteiger partial charge in [0.1, 0.15) is 0 Å². The minimum Gasteiger partial charge on any atom is -0.356 e. The van der Waals surface area contributed by atoms with E-state index in [0.29, 0.717) is 0 Å². The lowest BCUT2D eigenvalue weighted by Gasteiger charge is -2.11. The lowest BCUT2D eigenvalue weighted by Crippen LogP contribution is -2.39. The maximum absolute atomic E-state index is 4.45. The Labute approximate surface area is 136 Å². The van der Waals surface area contributed by atoms with Crippen molar-refractivity contribution in [1.82, 2.24) is 20.4 Å². The van der Waals surface area contributed by atoms with Gasteiger partial charge in [-0.05, 0) is 43.7 Å². The molecular weight excluding hydrogens is 294 g/mol. The van der Waals surface area contributed by atoms with Gasteiger partial charge in [0.05, 0.1) is 5.69 Å². The van der Waals surface area contributed by atoms with Crippen molar-refractivity contribution in [3.05, 3.63) is 39.3 Å². The second-order valence-electron chi connectivity index (χ2n) is 5.28. The average Bonchev–Trinajstić information content (AvgIpc) is 3.09. The van der Waals surface area contributed by atoms with Crippen LogP contribution in [0.1, 0.15) is 21.8 Å². The largest absolute Gasteiger partial charge is 0.356 e. The summed E-state index contributed by atoms with van der Waals surface area (Å²) in [6.07, 6.45) is 1.98. The Hall–Kier alpha value is -1.82. The molecule has 0 unspecified atom stereocenters. The number of thiophene rings is 1. The van der Waals surface area contributed by atoms with E-state index in [9.17, 15) is 0 Å². The molecule has 0 spiro atoms. The second kappa shape index (κ2) is 7.98. The summed E-state index contributed by atoms with van der Waals surface area (Å²) in [7, 11) is 3.80. The Bertz CT molecular complexity index is 613. The molecular formula is C16H25N5S. The zero-order valence-corrected chi connectivity index (χ0v) is 14.6. The van der Waals surface area contributed by atoms with Crippen molar-refractivity contribution < 1.29 is 0 Å². The molecule has 120 valence electrons. The van der Waals surface area contributed by atoms with Crippen molar-refractivity contribution in [2.24, 2.45) is 12.0 Å². The average molecular weight is 319 g/mol. The third kappa shape index (κ3) is 4.34. The number of aromatic nitrogens is 2. The number of nitrogens with one attached hydrogen (secondary N) is 2. The second-order valence-corrected chi connectivity index (χ2v) is 6.31. The lowest BCUT2D eigenvalue weighted by molar-refractivity contribution is 0.728. The molecule has 2 aromatic rings. The molecule has 0 bridgehead atoms. The van der Waals surface area contributed by atoms with Crippen molar-refractivity contribution in [3.8, 4) is 0 Å². The Morgan fingerprint density at radius 1 is 1.27 bits per heavy atom.